The van der Waals surface area contributed by atoms with Gasteiger partial charge in [0, 0.05) is 45.9 Å². The Morgan fingerprint density at radius 2 is 1.68 bits per heavy atom. The SMILES string of the molecule is CCNC(=NCCN1CCCCCC1)N1CCN(C(=O)C2CCCO2)CC1.I. The number of rotatable bonds is 5. The van der Waals surface area contributed by atoms with Gasteiger partial charge in [0.2, 0.25) is 0 Å². The molecule has 8 heteroatoms. The summed E-state index contributed by atoms with van der Waals surface area (Å²) in [6, 6.07) is 0. The number of nitrogens with one attached hydrogen (secondary N) is 1. The number of aliphatic imine (C=N–C) groups is 1. The van der Waals surface area contributed by atoms with Crippen LogP contribution in [0.1, 0.15) is 45.4 Å². The summed E-state index contributed by atoms with van der Waals surface area (Å²) in [7, 11) is 0. The Kier molecular flexibility index (Phi) is 10.9. The zero-order valence-corrected chi connectivity index (χ0v) is 19.7. The molecule has 28 heavy (non-hydrogen) atoms. The van der Waals surface area contributed by atoms with Crippen LogP contribution in [-0.4, -0.2) is 98.2 Å². The van der Waals surface area contributed by atoms with Crippen molar-refractivity contribution in [1.29, 1.82) is 0 Å². The second kappa shape index (κ2) is 12.8. The Bertz CT molecular complexity index is 483. The molecular weight excluding hydrogens is 469 g/mol. The average molecular weight is 507 g/mol. The third-order valence-corrected chi connectivity index (χ3v) is 5.81. The number of likely N-dealkylation sites (tertiary alicyclic amines) is 1. The molecule has 3 fully saturated rings. The molecule has 0 aromatic carbocycles. The Morgan fingerprint density at radius 3 is 2.29 bits per heavy atom. The molecule has 0 bridgehead atoms. The van der Waals surface area contributed by atoms with Gasteiger partial charge in [0.25, 0.3) is 5.91 Å². The lowest BCUT2D eigenvalue weighted by Gasteiger charge is -2.37. The van der Waals surface area contributed by atoms with Crippen LogP contribution in [0.15, 0.2) is 4.99 Å². The molecule has 3 aliphatic rings. The summed E-state index contributed by atoms with van der Waals surface area (Å²) >= 11 is 0. The maximum Gasteiger partial charge on any atom is 0.251 e. The predicted octanol–water partition coefficient (Wildman–Crippen LogP) is 1.77. The molecule has 0 aromatic rings. The molecule has 1 N–H and O–H groups in total. The van der Waals surface area contributed by atoms with Crippen molar-refractivity contribution >= 4 is 35.8 Å². The minimum atomic E-state index is -0.202. The van der Waals surface area contributed by atoms with Crippen LogP contribution in [0.5, 0.6) is 0 Å². The van der Waals surface area contributed by atoms with E-state index < -0.39 is 0 Å². The standard InChI is InChI=1S/C20H37N5O2.HI/c1-2-21-20(22-9-12-23-10-5-3-4-6-11-23)25-15-13-24(14-16-25)19(26)18-8-7-17-27-18;/h18H,2-17H2,1H3,(H,21,22);1H. The first-order chi connectivity index (χ1) is 13.3. The summed E-state index contributed by atoms with van der Waals surface area (Å²) in [5, 5.41) is 3.43. The van der Waals surface area contributed by atoms with E-state index in [1.807, 2.05) is 4.90 Å². The molecule has 1 amide bonds. The summed E-state index contributed by atoms with van der Waals surface area (Å²) in [5.41, 5.74) is 0. The fraction of sp³-hybridized carbons (Fsp3) is 0.900. The normalized spacial score (nSPS) is 24.6. The van der Waals surface area contributed by atoms with Gasteiger partial charge in [0.15, 0.2) is 5.96 Å². The van der Waals surface area contributed by atoms with Crippen LogP contribution in [-0.2, 0) is 9.53 Å². The van der Waals surface area contributed by atoms with Gasteiger partial charge in [-0.05, 0) is 45.7 Å². The Balaban J connectivity index is 0.00000280. The fourth-order valence-corrected chi connectivity index (χ4v) is 4.20. The van der Waals surface area contributed by atoms with Gasteiger partial charge in [0.1, 0.15) is 6.10 Å². The van der Waals surface area contributed by atoms with Crippen LogP contribution >= 0.6 is 24.0 Å². The predicted molar refractivity (Wildman–Crippen MR) is 123 cm³/mol. The molecule has 0 radical (unpaired) electrons. The van der Waals surface area contributed by atoms with Gasteiger partial charge in [-0.2, -0.15) is 0 Å². The maximum absolute atomic E-state index is 12.5. The molecule has 0 aliphatic carbocycles. The highest BCUT2D eigenvalue weighted by Crippen LogP contribution is 2.16. The number of amides is 1. The summed E-state index contributed by atoms with van der Waals surface area (Å²) in [4.78, 5) is 24.2. The summed E-state index contributed by atoms with van der Waals surface area (Å²) in [6.45, 7) is 11.2. The van der Waals surface area contributed by atoms with E-state index in [4.69, 9.17) is 9.73 Å². The van der Waals surface area contributed by atoms with Crippen molar-refractivity contribution < 1.29 is 9.53 Å². The number of hydrogen-bond donors (Lipinski definition) is 1. The molecule has 3 aliphatic heterocycles. The Hall–Kier alpha value is -0.610. The van der Waals surface area contributed by atoms with Gasteiger partial charge in [-0.3, -0.25) is 9.79 Å². The van der Waals surface area contributed by atoms with E-state index in [1.54, 1.807) is 0 Å². The van der Waals surface area contributed by atoms with Crippen LogP contribution in [0.2, 0.25) is 0 Å². The van der Waals surface area contributed by atoms with Crippen LogP contribution < -0.4 is 5.32 Å². The van der Waals surface area contributed by atoms with Gasteiger partial charge in [0.05, 0.1) is 6.54 Å². The largest absolute Gasteiger partial charge is 0.368 e. The van der Waals surface area contributed by atoms with E-state index in [-0.39, 0.29) is 36.0 Å². The van der Waals surface area contributed by atoms with Crippen molar-refractivity contribution in [2.45, 2.75) is 51.6 Å². The molecule has 0 spiro atoms. The number of guanidine groups is 1. The van der Waals surface area contributed by atoms with Crippen LogP contribution in [0.4, 0.5) is 0 Å². The first kappa shape index (κ1) is 23.7. The minimum absolute atomic E-state index is 0. The second-order valence-electron chi connectivity index (χ2n) is 7.81. The third-order valence-electron chi connectivity index (χ3n) is 5.81. The van der Waals surface area contributed by atoms with Crippen LogP contribution in [0.3, 0.4) is 0 Å². The number of nitrogens with zero attached hydrogens (tertiary/aromatic N) is 4. The molecule has 0 saturated carbocycles. The Morgan fingerprint density at radius 1 is 1.00 bits per heavy atom. The molecule has 3 saturated heterocycles. The van der Waals surface area contributed by atoms with Gasteiger partial charge < -0.3 is 24.8 Å². The smallest absolute Gasteiger partial charge is 0.251 e. The number of piperazine rings is 1. The molecule has 1 unspecified atom stereocenters. The molecule has 1 atom stereocenters. The molecule has 0 aromatic heterocycles. The van der Waals surface area contributed by atoms with E-state index in [0.29, 0.717) is 0 Å². The molecule has 162 valence electrons. The van der Waals surface area contributed by atoms with Crippen molar-refractivity contribution in [2.75, 3.05) is 65.5 Å². The minimum Gasteiger partial charge on any atom is -0.368 e. The topological polar surface area (TPSA) is 60.4 Å². The zero-order chi connectivity index (χ0) is 18.9. The lowest BCUT2D eigenvalue weighted by Crippen LogP contribution is -2.55. The van der Waals surface area contributed by atoms with Gasteiger partial charge >= 0.3 is 0 Å². The summed E-state index contributed by atoms with van der Waals surface area (Å²) in [5.74, 6) is 1.17. The summed E-state index contributed by atoms with van der Waals surface area (Å²) < 4.78 is 5.55. The van der Waals surface area contributed by atoms with Crippen molar-refractivity contribution in [1.82, 2.24) is 20.0 Å². The molecule has 3 heterocycles. The van der Waals surface area contributed by atoms with Crippen molar-refractivity contribution in [3.05, 3.63) is 0 Å². The molecule has 3 rings (SSSR count). The first-order valence-electron chi connectivity index (χ1n) is 10.9. The fourth-order valence-electron chi connectivity index (χ4n) is 4.20. The number of hydrogen-bond acceptors (Lipinski definition) is 4. The number of carbonyl (C=O) groups is 1. The number of ether oxygens (including phenoxy) is 1. The highest BCUT2D eigenvalue weighted by molar-refractivity contribution is 14.0. The van der Waals surface area contributed by atoms with Gasteiger partial charge in [-0.25, -0.2) is 0 Å². The zero-order valence-electron chi connectivity index (χ0n) is 17.4. The first-order valence-corrected chi connectivity index (χ1v) is 10.9. The lowest BCUT2D eigenvalue weighted by molar-refractivity contribution is -0.142. The maximum atomic E-state index is 12.5. The quantitative estimate of drug-likeness (QED) is 0.349. The Labute approximate surface area is 187 Å². The van der Waals surface area contributed by atoms with Crippen molar-refractivity contribution in [3.8, 4) is 0 Å². The van der Waals surface area contributed by atoms with E-state index >= 15 is 0 Å². The van der Waals surface area contributed by atoms with E-state index in [9.17, 15) is 4.79 Å². The highest BCUT2D eigenvalue weighted by atomic mass is 127. The van der Waals surface area contributed by atoms with Crippen LogP contribution in [0, 0.1) is 0 Å². The van der Waals surface area contributed by atoms with Gasteiger partial charge in [-0.1, -0.05) is 12.8 Å². The number of halogens is 1. The van der Waals surface area contributed by atoms with Crippen LogP contribution in [0.25, 0.3) is 0 Å². The molecular formula is C20H38IN5O2. The monoisotopic (exact) mass is 507 g/mol. The highest BCUT2D eigenvalue weighted by Gasteiger charge is 2.30. The third kappa shape index (κ3) is 7.02. The van der Waals surface area contributed by atoms with Crippen molar-refractivity contribution in [2.24, 2.45) is 4.99 Å². The summed E-state index contributed by atoms with van der Waals surface area (Å²) in [6.07, 6.45) is 7.07. The van der Waals surface area contributed by atoms with E-state index in [1.165, 1.54) is 38.8 Å². The molecule has 7 nitrogen and oxygen atoms in total. The van der Waals surface area contributed by atoms with E-state index in [0.717, 1.165) is 71.2 Å². The van der Waals surface area contributed by atoms with E-state index in [2.05, 4.69) is 22.0 Å². The average Bonchev–Trinajstić information content (AvgIpc) is 3.11. The van der Waals surface area contributed by atoms with Gasteiger partial charge in [-0.15, -0.1) is 24.0 Å². The lowest BCUT2D eigenvalue weighted by atomic mass is 10.2. The number of carbonyl (C=O) groups excluding carboxylic acids is 1. The van der Waals surface area contributed by atoms with Crippen molar-refractivity contribution in [3.63, 3.8) is 0 Å². The second-order valence-corrected chi connectivity index (χ2v) is 7.81.